The summed E-state index contributed by atoms with van der Waals surface area (Å²) >= 11 is 0. The summed E-state index contributed by atoms with van der Waals surface area (Å²) in [4.78, 5) is 13.7. The lowest BCUT2D eigenvalue weighted by Crippen LogP contribution is -1.98. The Kier molecular flexibility index (Phi) is 2.21. The van der Waals surface area contributed by atoms with E-state index in [9.17, 15) is 4.79 Å². The maximum atomic E-state index is 10.9. The average Bonchev–Trinajstić information content (AvgIpc) is 2.67. The number of hydrogen-bond donors (Lipinski definition) is 2. The molecular formula is C10H9N3O2. The molecule has 0 aromatic carbocycles. The molecule has 2 heterocycles. The lowest BCUT2D eigenvalue weighted by molar-refractivity contribution is 0.0698. The number of aromatic nitrogens is 3. The normalized spacial score (nSPS) is 10.2. The van der Waals surface area contributed by atoms with Crippen LogP contribution in [-0.4, -0.2) is 26.3 Å². The molecule has 15 heavy (non-hydrogen) atoms. The zero-order valence-corrected chi connectivity index (χ0v) is 8.06. The number of nitrogens with zero attached hydrogens (tertiary/aromatic N) is 2. The number of rotatable bonds is 2. The highest BCUT2D eigenvalue weighted by atomic mass is 16.4. The van der Waals surface area contributed by atoms with E-state index < -0.39 is 5.97 Å². The predicted molar refractivity (Wildman–Crippen MR) is 53.5 cm³/mol. The number of aryl methyl sites for hydroxylation is 1. The smallest absolute Gasteiger partial charge is 0.337 e. The molecule has 0 fully saturated rings. The van der Waals surface area contributed by atoms with Crippen molar-refractivity contribution in [3.8, 4) is 11.4 Å². The van der Waals surface area contributed by atoms with Crippen molar-refractivity contribution in [3.05, 3.63) is 35.7 Å². The first-order valence-electron chi connectivity index (χ1n) is 4.40. The molecule has 0 saturated carbocycles. The second-order valence-corrected chi connectivity index (χ2v) is 3.13. The van der Waals surface area contributed by atoms with Gasteiger partial charge in [0, 0.05) is 6.20 Å². The molecule has 2 aromatic heterocycles. The van der Waals surface area contributed by atoms with Gasteiger partial charge < -0.3 is 10.1 Å². The SMILES string of the molecule is Cc1ccc(-c2[nH]ccc2C(=O)O)nn1. The number of aromatic carboxylic acids is 1. The molecule has 0 amide bonds. The molecule has 0 aliphatic heterocycles. The number of aromatic amines is 1. The Hall–Kier alpha value is -2.17. The zero-order valence-electron chi connectivity index (χ0n) is 8.06. The minimum absolute atomic E-state index is 0.202. The van der Waals surface area contributed by atoms with Gasteiger partial charge in [0.1, 0.15) is 5.69 Å². The van der Waals surface area contributed by atoms with Crippen molar-refractivity contribution >= 4 is 5.97 Å². The molecule has 0 atom stereocenters. The summed E-state index contributed by atoms with van der Waals surface area (Å²) in [6.45, 7) is 1.82. The zero-order chi connectivity index (χ0) is 10.8. The van der Waals surface area contributed by atoms with Crippen molar-refractivity contribution in [2.45, 2.75) is 6.92 Å². The summed E-state index contributed by atoms with van der Waals surface area (Å²) < 4.78 is 0. The van der Waals surface area contributed by atoms with Crippen LogP contribution >= 0.6 is 0 Å². The van der Waals surface area contributed by atoms with E-state index in [1.807, 2.05) is 6.92 Å². The van der Waals surface area contributed by atoms with Crippen molar-refractivity contribution in [1.29, 1.82) is 0 Å². The van der Waals surface area contributed by atoms with E-state index in [1.165, 1.54) is 6.07 Å². The van der Waals surface area contributed by atoms with Gasteiger partial charge in [0.2, 0.25) is 0 Å². The lowest BCUT2D eigenvalue weighted by atomic mass is 10.2. The maximum Gasteiger partial charge on any atom is 0.337 e. The quantitative estimate of drug-likeness (QED) is 0.774. The van der Waals surface area contributed by atoms with Crippen LogP contribution in [0.3, 0.4) is 0 Å². The van der Waals surface area contributed by atoms with Gasteiger partial charge in [-0.3, -0.25) is 0 Å². The topological polar surface area (TPSA) is 78.9 Å². The molecule has 5 heteroatoms. The van der Waals surface area contributed by atoms with E-state index in [0.717, 1.165) is 5.69 Å². The third-order valence-corrected chi connectivity index (χ3v) is 2.03. The first kappa shape index (κ1) is 9.39. The maximum absolute atomic E-state index is 10.9. The first-order chi connectivity index (χ1) is 7.18. The monoisotopic (exact) mass is 203 g/mol. The second-order valence-electron chi connectivity index (χ2n) is 3.13. The molecule has 0 spiro atoms. The number of H-pyrrole nitrogens is 1. The van der Waals surface area contributed by atoms with Crippen LogP contribution in [0, 0.1) is 6.92 Å². The second kappa shape index (κ2) is 3.53. The Morgan fingerprint density at radius 2 is 2.13 bits per heavy atom. The number of carboxylic acid groups (broad SMARTS) is 1. The summed E-state index contributed by atoms with van der Waals surface area (Å²) in [5.41, 5.74) is 2.01. The Bertz CT molecular complexity index is 488. The van der Waals surface area contributed by atoms with E-state index in [2.05, 4.69) is 15.2 Å². The molecule has 76 valence electrons. The van der Waals surface area contributed by atoms with Crippen LogP contribution in [0.1, 0.15) is 16.1 Å². The molecule has 0 aliphatic carbocycles. The Morgan fingerprint density at radius 3 is 2.73 bits per heavy atom. The summed E-state index contributed by atoms with van der Waals surface area (Å²) in [6, 6.07) is 5.02. The fourth-order valence-electron chi connectivity index (χ4n) is 1.29. The van der Waals surface area contributed by atoms with E-state index >= 15 is 0 Å². The Labute approximate surface area is 85.8 Å². The van der Waals surface area contributed by atoms with Gasteiger partial charge in [0.25, 0.3) is 0 Å². The molecule has 2 rings (SSSR count). The summed E-state index contributed by atoms with van der Waals surface area (Å²) in [5, 5.41) is 16.7. The third-order valence-electron chi connectivity index (χ3n) is 2.03. The van der Waals surface area contributed by atoms with Crippen LogP contribution in [0.5, 0.6) is 0 Å². The van der Waals surface area contributed by atoms with Gasteiger partial charge in [-0.2, -0.15) is 5.10 Å². The van der Waals surface area contributed by atoms with Crippen LogP contribution in [0.2, 0.25) is 0 Å². The molecular weight excluding hydrogens is 194 g/mol. The van der Waals surface area contributed by atoms with E-state index in [-0.39, 0.29) is 5.56 Å². The molecule has 0 radical (unpaired) electrons. The number of carboxylic acids is 1. The minimum Gasteiger partial charge on any atom is -0.478 e. The van der Waals surface area contributed by atoms with Gasteiger partial charge in [-0.15, -0.1) is 5.10 Å². The van der Waals surface area contributed by atoms with E-state index in [1.54, 1.807) is 18.3 Å². The highest BCUT2D eigenvalue weighted by Gasteiger charge is 2.13. The van der Waals surface area contributed by atoms with Gasteiger partial charge in [-0.25, -0.2) is 4.79 Å². The fraction of sp³-hybridized carbons (Fsp3) is 0.100. The predicted octanol–water partition coefficient (Wildman–Crippen LogP) is 1.48. The minimum atomic E-state index is -0.978. The van der Waals surface area contributed by atoms with Crippen molar-refractivity contribution in [2.75, 3.05) is 0 Å². The highest BCUT2D eigenvalue weighted by molar-refractivity contribution is 5.94. The van der Waals surface area contributed by atoms with Crippen molar-refractivity contribution in [3.63, 3.8) is 0 Å². The summed E-state index contributed by atoms with van der Waals surface area (Å²) in [7, 11) is 0. The van der Waals surface area contributed by atoms with Gasteiger partial charge in [0.05, 0.1) is 17.0 Å². The van der Waals surface area contributed by atoms with Gasteiger partial charge in [-0.1, -0.05) is 0 Å². The first-order valence-corrected chi connectivity index (χ1v) is 4.40. The molecule has 2 N–H and O–H groups in total. The van der Waals surface area contributed by atoms with Gasteiger partial charge >= 0.3 is 5.97 Å². The summed E-state index contributed by atoms with van der Waals surface area (Å²) in [6.07, 6.45) is 1.57. The molecule has 2 aromatic rings. The number of nitrogens with one attached hydrogen (secondary N) is 1. The molecule has 0 unspecified atom stereocenters. The van der Waals surface area contributed by atoms with Crippen molar-refractivity contribution in [1.82, 2.24) is 15.2 Å². The van der Waals surface area contributed by atoms with Crippen LogP contribution in [-0.2, 0) is 0 Å². The molecule has 0 saturated heterocycles. The van der Waals surface area contributed by atoms with Crippen molar-refractivity contribution < 1.29 is 9.90 Å². The molecule has 0 bridgehead atoms. The average molecular weight is 203 g/mol. The Balaban J connectivity index is 2.49. The standard InChI is InChI=1S/C10H9N3O2/c1-6-2-3-8(13-12-6)9-7(10(14)15)4-5-11-9/h2-5,11H,1H3,(H,14,15). The van der Waals surface area contributed by atoms with Crippen LogP contribution in [0.4, 0.5) is 0 Å². The molecule has 5 nitrogen and oxygen atoms in total. The van der Waals surface area contributed by atoms with Crippen LogP contribution < -0.4 is 0 Å². The third kappa shape index (κ3) is 1.71. The fourth-order valence-corrected chi connectivity index (χ4v) is 1.29. The number of carbonyl (C=O) groups is 1. The highest BCUT2D eigenvalue weighted by Crippen LogP contribution is 2.19. The number of hydrogen-bond acceptors (Lipinski definition) is 3. The van der Waals surface area contributed by atoms with Gasteiger partial charge in [-0.05, 0) is 25.1 Å². The van der Waals surface area contributed by atoms with E-state index in [0.29, 0.717) is 11.4 Å². The molecule has 0 aliphatic rings. The lowest BCUT2D eigenvalue weighted by Gasteiger charge is -1.99. The van der Waals surface area contributed by atoms with Crippen LogP contribution in [0.25, 0.3) is 11.4 Å². The van der Waals surface area contributed by atoms with Crippen molar-refractivity contribution in [2.24, 2.45) is 0 Å². The summed E-state index contributed by atoms with van der Waals surface area (Å²) in [5.74, 6) is -0.978. The van der Waals surface area contributed by atoms with Crippen LogP contribution in [0.15, 0.2) is 24.4 Å². The largest absolute Gasteiger partial charge is 0.478 e. The Morgan fingerprint density at radius 1 is 1.33 bits per heavy atom. The van der Waals surface area contributed by atoms with E-state index in [4.69, 9.17) is 5.11 Å². The van der Waals surface area contributed by atoms with Gasteiger partial charge in [0.15, 0.2) is 0 Å².